The lowest BCUT2D eigenvalue weighted by molar-refractivity contribution is -0.0606. The minimum atomic E-state index is -0.841. The quantitative estimate of drug-likeness (QED) is 0.870. The maximum absolute atomic E-state index is 9.99. The molecule has 1 aromatic rings. The molecular formula is C16H23NO2. The topological polar surface area (TPSA) is 43.7 Å². The summed E-state index contributed by atoms with van der Waals surface area (Å²) in [5.41, 5.74) is 1.99. The number of aliphatic hydroxyl groups is 2. The summed E-state index contributed by atoms with van der Waals surface area (Å²) in [6.45, 7) is 2.56. The second kappa shape index (κ2) is 5.23. The van der Waals surface area contributed by atoms with E-state index in [1.807, 2.05) is 0 Å². The minimum Gasteiger partial charge on any atom is -0.393 e. The summed E-state index contributed by atoms with van der Waals surface area (Å²) in [6, 6.07) is 9.00. The van der Waals surface area contributed by atoms with Gasteiger partial charge in [0.05, 0.1) is 12.2 Å². The van der Waals surface area contributed by atoms with E-state index in [-0.39, 0.29) is 6.61 Å². The Labute approximate surface area is 114 Å². The summed E-state index contributed by atoms with van der Waals surface area (Å²) in [6.07, 6.45) is 4.05. The fourth-order valence-electron chi connectivity index (χ4n) is 2.86. The average Bonchev–Trinajstić information content (AvgIpc) is 3.27. The first-order valence-electron chi connectivity index (χ1n) is 7.33. The second-order valence-electron chi connectivity index (χ2n) is 6.17. The average molecular weight is 261 g/mol. The highest BCUT2D eigenvalue weighted by molar-refractivity contribution is 5.28. The highest BCUT2D eigenvalue weighted by Gasteiger charge is 2.31. The summed E-state index contributed by atoms with van der Waals surface area (Å²) < 4.78 is 0. The summed E-state index contributed by atoms with van der Waals surface area (Å²) in [5.74, 6) is 0.823. The summed E-state index contributed by atoms with van der Waals surface area (Å²) in [5, 5.41) is 19.1. The van der Waals surface area contributed by atoms with Crippen molar-refractivity contribution in [3.8, 4) is 0 Å². The molecule has 3 rings (SSSR count). The van der Waals surface area contributed by atoms with Crippen LogP contribution < -0.4 is 0 Å². The van der Waals surface area contributed by atoms with Crippen LogP contribution in [-0.2, 0) is 6.54 Å². The molecule has 1 heterocycles. The van der Waals surface area contributed by atoms with E-state index in [1.165, 1.54) is 24.0 Å². The number of nitrogens with zero attached hydrogens (tertiary/aromatic N) is 1. The normalized spacial score (nSPS) is 23.5. The van der Waals surface area contributed by atoms with Crippen molar-refractivity contribution in [2.24, 2.45) is 0 Å². The Balaban J connectivity index is 1.54. The van der Waals surface area contributed by atoms with Gasteiger partial charge in [0.25, 0.3) is 0 Å². The minimum absolute atomic E-state index is 0.114. The predicted molar refractivity (Wildman–Crippen MR) is 75.0 cm³/mol. The SMILES string of the molecule is OCC1(O)CCN(Cc2ccc(C3CC3)cc2)CC1. The van der Waals surface area contributed by atoms with E-state index in [4.69, 9.17) is 5.11 Å². The smallest absolute Gasteiger partial charge is 0.0901 e. The number of benzene rings is 1. The summed E-state index contributed by atoms with van der Waals surface area (Å²) in [7, 11) is 0. The van der Waals surface area contributed by atoms with Gasteiger partial charge >= 0.3 is 0 Å². The van der Waals surface area contributed by atoms with Crippen molar-refractivity contribution >= 4 is 0 Å². The van der Waals surface area contributed by atoms with E-state index < -0.39 is 5.60 Å². The van der Waals surface area contributed by atoms with E-state index >= 15 is 0 Å². The van der Waals surface area contributed by atoms with Crippen LogP contribution in [0, 0.1) is 0 Å². The van der Waals surface area contributed by atoms with Crippen LogP contribution in [0.15, 0.2) is 24.3 Å². The Morgan fingerprint density at radius 1 is 1.11 bits per heavy atom. The zero-order chi connectivity index (χ0) is 13.3. The molecule has 0 atom stereocenters. The molecule has 1 saturated heterocycles. The van der Waals surface area contributed by atoms with Crippen molar-refractivity contribution in [3.05, 3.63) is 35.4 Å². The number of rotatable bonds is 4. The van der Waals surface area contributed by atoms with Crippen LogP contribution in [0.5, 0.6) is 0 Å². The molecule has 1 aromatic carbocycles. The maximum atomic E-state index is 9.99. The largest absolute Gasteiger partial charge is 0.393 e. The third kappa shape index (κ3) is 3.16. The molecule has 2 N–H and O–H groups in total. The van der Waals surface area contributed by atoms with Gasteiger partial charge in [-0.3, -0.25) is 4.90 Å². The fourth-order valence-corrected chi connectivity index (χ4v) is 2.86. The second-order valence-corrected chi connectivity index (χ2v) is 6.17. The lowest BCUT2D eigenvalue weighted by atomic mass is 9.92. The Morgan fingerprint density at radius 3 is 2.26 bits per heavy atom. The Kier molecular flexibility index (Phi) is 3.61. The van der Waals surface area contributed by atoms with Gasteiger partial charge < -0.3 is 10.2 Å². The van der Waals surface area contributed by atoms with Gasteiger partial charge in [-0.25, -0.2) is 0 Å². The molecule has 0 radical (unpaired) electrons. The van der Waals surface area contributed by atoms with E-state index in [2.05, 4.69) is 29.2 Å². The predicted octanol–water partition coefficient (Wildman–Crippen LogP) is 1.88. The molecule has 104 valence electrons. The molecule has 2 fully saturated rings. The third-order valence-corrected chi connectivity index (χ3v) is 4.52. The van der Waals surface area contributed by atoms with Gasteiger partial charge in [0.2, 0.25) is 0 Å². The number of hydrogen-bond donors (Lipinski definition) is 2. The van der Waals surface area contributed by atoms with Gasteiger partial charge in [-0.2, -0.15) is 0 Å². The van der Waals surface area contributed by atoms with Gasteiger partial charge in [-0.15, -0.1) is 0 Å². The first-order chi connectivity index (χ1) is 9.18. The molecule has 0 spiro atoms. The lowest BCUT2D eigenvalue weighted by Gasteiger charge is -2.37. The van der Waals surface area contributed by atoms with Gasteiger partial charge in [0.1, 0.15) is 0 Å². The Morgan fingerprint density at radius 2 is 1.74 bits per heavy atom. The van der Waals surface area contributed by atoms with Crippen molar-refractivity contribution in [2.75, 3.05) is 19.7 Å². The Hall–Kier alpha value is -0.900. The van der Waals surface area contributed by atoms with Gasteiger partial charge in [0.15, 0.2) is 0 Å². The zero-order valence-electron chi connectivity index (χ0n) is 11.4. The standard InChI is InChI=1S/C16H23NO2/c18-12-16(19)7-9-17(10-8-16)11-13-1-3-14(4-2-13)15-5-6-15/h1-4,15,18-19H,5-12H2. The number of piperidine rings is 1. The monoisotopic (exact) mass is 261 g/mol. The molecule has 3 nitrogen and oxygen atoms in total. The highest BCUT2D eigenvalue weighted by atomic mass is 16.3. The van der Waals surface area contributed by atoms with Crippen molar-refractivity contribution in [1.82, 2.24) is 4.90 Å². The van der Waals surface area contributed by atoms with Crippen LogP contribution in [0.1, 0.15) is 42.7 Å². The molecule has 1 aliphatic carbocycles. The molecular weight excluding hydrogens is 238 g/mol. The molecule has 3 heteroatoms. The first-order valence-corrected chi connectivity index (χ1v) is 7.33. The third-order valence-electron chi connectivity index (χ3n) is 4.52. The van der Waals surface area contributed by atoms with Crippen LogP contribution in [0.25, 0.3) is 0 Å². The summed E-state index contributed by atoms with van der Waals surface area (Å²) in [4.78, 5) is 2.36. The van der Waals surface area contributed by atoms with Crippen molar-refractivity contribution < 1.29 is 10.2 Å². The maximum Gasteiger partial charge on any atom is 0.0901 e. The first kappa shape index (κ1) is 13.1. The fraction of sp³-hybridized carbons (Fsp3) is 0.625. The lowest BCUT2D eigenvalue weighted by Crippen LogP contribution is -2.46. The number of aliphatic hydroxyl groups excluding tert-OH is 1. The van der Waals surface area contributed by atoms with Crippen LogP contribution >= 0.6 is 0 Å². The number of likely N-dealkylation sites (tertiary alicyclic amines) is 1. The van der Waals surface area contributed by atoms with Crippen LogP contribution in [0.2, 0.25) is 0 Å². The molecule has 0 bridgehead atoms. The van der Waals surface area contributed by atoms with E-state index in [1.54, 1.807) is 0 Å². The van der Waals surface area contributed by atoms with Crippen molar-refractivity contribution in [1.29, 1.82) is 0 Å². The van der Waals surface area contributed by atoms with E-state index in [0.717, 1.165) is 25.6 Å². The van der Waals surface area contributed by atoms with E-state index in [0.29, 0.717) is 12.8 Å². The van der Waals surface area contributed by atoms with E-state index in [9.17, 15) is 5.11 Å². The molecule has 0 unspecified atom stereocenters. The molecule has 0 amide bonds. The zero-order valence-corrected chi connectivity index (χ0v) is 11.4. The summed E-state index contributed by atoms with van der Waals surface area (Å²) >= 11 is 0. The molecule has 1 saturated carbocycles. The molecule has 19 heavy (non-hydrogen) atoms. The number of hydrogen-bond acceptors (Lipinski definition) is 3. The van der Waals surface area contributed by atoms with Crippen LogP contribution in [-0.4, -0.2) is 40.4 Å². The Bertz CT molecular complexity index is 417. The van der Waals surface area contributed by atoms with Crippen molar-refractivity contribution in [2.45, 2.75) is 43.7 Å². The van der Waals surface area contributed by atoms with Gasteiger partial charge in [-0.05, 0) is 42.7 Å². The van der Waals surface area contributed by atoms with Crippen molar-refractivity contribution in [3.63, 3.8) is 0 Å². The van der Waals surface area contributed by atoms with Crippen LogP contribution in [0.4, 0.5) is 0 Å². The molecule has 2 aliphatic rings. The van der Waals surface area contributed by atoms with Gasteiger partial charge in [0, 0.05) is 19.6 Å². The molecule has 1 aliphatic heterocycles. The van der Waals surface area contributed by atoms with Gasteiger partial charge in [-0.1, -0.05) is 24.3 Å². The van der Waals surface area contributed by atoms with Crippen LogP contribution in [0.3, 0.4) is 0 Å². The highest BCUT2D eigenvalue weighted by Crippen LogP contribution is 2.39. The molecule has 0 aromatic heterocycles.